The van der Waals surface area contributed by atoms with Crippen molar-refractivity contribution in [2.45, 2.75) is 45.8 Å². The van der Waals surface area contributed by atoms with Gasteiger partial charge in [-0.05, 0) is 25.8 Å². The van der Waals surface area contributed by atoms with Crippen LogP contribution >= 0.6 is 11.6 Å². The van der Waals surface area contributed by atoms with Crippen molar-refractivity contribution in [3.05, 3.63) is 29.0 Å². The Labute approximate surface area is 141 Å². The van der Waals surface area contributed by atoms with E-state index in [9.17, 15) is 9.59 Å². The second-order valence-electron chi connectivity index (χ2n) is 7.27. The van der Waals surface area contributed by atoms with Crippen molar-refractivity contribution >= 4 is 23.5 Å². The molecule has 6 heteroatoms. The first kappa shape index (κ1) is 16.2. The molecule has 124 valence electrons. The molecule has 0 N–H and O–H groups in total. The molecule has 1 aliphatic heterocycles. The fraction of sp³-hybridized carbons (Fsp3) is 0.588. The first-order valence-corrected chi connectivity index (χ1v) is 8.12. The summed E-state index contributed by atoms with van der Waals surface area (Å²) in [5, 5.41) is 0.370. The summed E-state index contributed by atoms with van der Waals surface area (Å²) in [5.41, 5.74) is -1.47. The maximum absolute atomic E-state index is 13.2. The molecule has 1 saturated carbocycles. The summed E-state index contributed by atoms with van der Waals surface area (Å²) >= 11 is 6.08. The van der Waals surface area contributed by atoms with E-state index in [1.165, 1.54) is 0 Å². The van der Waals surface area contributed by atoms with E-state index < -0.39 is 22.4 Å². The van der Waals surface area contributed by atoms with Gasteiger partial charge in [-0.15, -0.1) is 0 Å². The number of esters is 1. The molecule has 0 unspecified atom stereocenters. The van der Waals surface area contributed by atoms with E-state index in [1.54, 1.807) is 24.2 Å². The molecule has 2 heterocycles. The van der Waals surface area contributed by atoms with Gasteiger partial charge < -0.3 is 9.64 Å². The SMILES string of the molecule is CN(Cc1cccnc1Cl)C(=O)[C@@]12CC[C@@](C)(OC1=O)C2(C)C. The van der Waals surface area contributed by atoms with Gasteiger partial charge in [-0.2, -0.15) is 0 Å². The van der Waals surface area contributed by atoms with Crippen molar-refractivity contribution in [1.29, 1.82) is 0 Å². The van der Waals surface area contributed by atoms with Gasteiger partial charge in [-0.1, -0.05) is 31.5 Å². The van der Waals surface area contributed by atoms with Crippen LogP contribution in [0.3, 0.4) is 0 Å². The molecule has 1 aromatic heterocycles. The predicted octanol–water partition coefficient (Wildman–Crippen LogP) is 2.82. The minimum Gasteiger partial charge on any atom is -0.458 e. The van der Waals surface area contributed by atoms with Crippen molar-refractivity contribution in [3.8, 4) is 0 Å². The molecule has 23 heavy (non-hydrogen) atoms. The third-order valence-electron chi connectivity index (χ3n) is 5.99. The Hall–Kier alpha value is -1.62. The number of hydrogen-bond acceptors (Lipinski definition) is 4. The second kappa shape index (κ2) is 4.94. The Kier molecular flexibility index (Phi) is 3.49. The lowest BCUT2D eigenvalue weighted by Crippen LogP contribution is -2.51. The fourth-order valence-corrected chi connectivity index (χ4v) is 4.16. The number of aromatic nitrogens is 1. The Bertz CT molecular complexity index is 690. The third kappa shape index (κ3) is 1.95. The number of fused-ring (bicyclic) bond motifs is 2. The van der Waals surface area contributed by atoms with Gasteiger partial charge in [0, 0.05) is 30.8 Å². The van der Waals surface area contributed by atoms with Crippen LogP contribution in [0.5, 0.6) is 0 Å². The highest BCUT2D eigenvalue weighted by Gasteiger charge is 2.76. The van der Waals surface area contributed by atoms with Crippen LogP contribution in [-0.2, 0) is 20.9 Å². The number of nitrogens with zero attached hydrogens (tertiary/aromatic N) is 2. The molecule has 0 aromatic carbocycles. The van der Waals surface area contributed by atoms with Gasteiger partial charge in [-0.25, -0.2) is 4.98 Å². The predicted molar refractivity (Wildman–Crippen MR) is 85.7 cm³/mol. The lowest BCUT2D eigenvalue weighted by Gasteiger charge is -2.36. The van der Waals surface area contributed by atoms with E-state index in [-0.39, 0.29) is 5.91 Å². The maximum atomic E-state index is 13.2. The lowest BCUT2D eigenvalue weighted by atomic mass is 9.65. The lowest BCUT2D eigenvalue weighted by molar-refractivity contribution is -0.165. The molecule has 2 atom stereocenters. The highest BCUT2D eigenvalue weighted by atomic mass is 35.5. The first-order valence-electron chi connectivity index (χ1n) is 7.74. The van der Waals surface area contributed by atoms with Crippen LogP contribution in [-0.4, -0.2) is 34.4 Å². The summed E-state index contributed by atoms with van der Waals surface area (Å²) in [5.74, 6) is -0.598. The highest BCUT2D eigenvalue weighted by molar-refractivity contribution is 6.30. The minimum absolute atomic E-state index is 0.200. The summed E-state index contributed by atoms with van der Waals surface area (Å²) in [4.78, 5) is 31.3. The second-order valence-corrected chi connectivity index (χ2v) is 7.62. The normalized spacial score (nSPS) is 31.1. The van der Waals surface area contributed by atoms with E-state index >= 15 is 0 Å². The molecule has 0 spiro atoms. The van der Waals surface area contributed by atoms with Crippen molar-refractivity contribution in [1.82, 2.24) is 9.88 Å². The molecular weight excluding hydrogens is 316 g/mol. The topological polar surface area (TPSA) is 59.5 Å². The summed E-state index contributed by atoms with van der Waals surface area (Å²) < 4.78 is 5.59. The number of carbonyl (C=O) groups is 2. The van der Waals surface area contributed by atoms with Gasteiger partial charge in [0.25, 0.3) is 0 Å². The number of ether oxygens (including phenoxy) is 1. The number of rotatable bonds is 3. The molecular formula is C17H21ClN2O3. The molecule has 1 amide bonds. The summed E-state index contributed by atoms with van der Waals surface area (Å²) in [7, 11) is 1.69. The zero-order valence-electron chi connectivity index (χ0n) is 13.9. The van der Waals surface area contributed by atoms with Crippen LogP contribution in [0.4, 0.5) is 0 Å². The Balaban J connectivity index is 1.91. The third-order valence-corrected chi connectivity index (χ3v) is 6.33. The maximum Gasteiger partial charge on any atom is 0.322 e. The number of hydrogen-bond donors (Lipinski definition) is 0. The highest BCUT2D eigenvalue weighted by Crippen LogP contribution is 2.66. The number of halogens is 1. The zero-order chi connectivity index (χ0) is 17.0. The van der Waals surface area contributed by atoms with E-state index in [1.807, 2.05) is 26.8 Å². The average Bonchev–Trinajstić information content (AvgIpc) is 2.77. The molecule has 1 aliphatic carbocycles. The monoisotopic (exact) mass is 336 g/mol. The standard InChI is InChI=1S/C17H21ClN2O3/c1-15(2)16(3)7-8-17(15,14(22)23-16)13(21)20(4)10-11-6-5-9-19-12(11)18/h5-6,9H,7-8,10H2,1-4H3/t16-,17+/m1/s1. The summed E-state index contributed by atoms with van der Waals surface area (Å²) in [6.45, 7) is 6.14. The van der Waals surface area contributed by atoms with Crippen LogP contribution in [0.15, 0.2) is 18.3 Å². The van der Waals surface area contributed by atoms with Crippen molar-refractivity contribution in [3.63, 3.8) is 0 Å². The smallest absolute Gasteiger partial charge is 0.322 e. The fourth-order valence-electron chi connectivity index (χ4n) is 3.98. The van der Waals surface area contributed by atoms with Crippen LogP contribution in [0, 0.1) is 10.8 Å². The van der Waals surface area contributed by atoms with E-state index in [0.717, 1.165) is 5.56 Å². The quantitative estimate of drug-likeness (QED) is 0.484. The molecule has 2 fully saturated rings. The van der Waals surface area contributed by atoms with Gasteiger partial charge in [-0.3, -0.25) is 9.59 Å². The van der Waals surface area contributed by atoms with E-state index in [0.29, 0.717) is 24.5 Å². The molecule has 5 nitrogen and oxygen atoms in total. The molecule has 2 bridgehead atoms. The van der Waals surface area contributed by atoms with E-state index in [4.69, 9.17) is 16.3 Å². The van der Waals surface area contributed by atoms with Crippen molar-refractivity contribution in [2.24, 2.45) is 10.8 Å². The van der Waals surface area contributed by atoms with Gasteiger partial charge >= 0.3 is 5.97 Å². The molecule has 3 rings (SSSR count). The molecule has 2 aliphatic rings. The van der Waals surface area contributed by atoms with Crippen LogP contribution in [0.25, 0.3) is 0 Å². The van der Waals surface area contributed by atoms with Crippen LogP contribution in [0.1, 0.15) is 39.2 Å². The number of amides is 1. The van der Waals surface area contributed by atoms with Crippen LogP contribution < -0.4 is 0 Å². The summed E-state index contributed by atoms with van der Waals surface area (Å²) in [6.07, 6.45) is 2.84. The van der Waals surface area contributed by atoms with Gasteiger partial charge in [0.2, 0.25) is 5.91 Å². The molecule has 0 radical (unpaired) electrons. The van der Waals surface area contributed by atoms with E-state index in [2.05, 4.69) is 4.98 Å². The van der Waals surface area contributed by atoms with Crippen molar-refractivity contribution < 1.29 is 14.3 Å². The van der Waals surface area contributed by atoms with Gasteiger partial charge in [0.1, 0.15) is 10.8 Å². The zero-order valence-corrected chi connectivity index (χ0v) is 14.6. The molecule has 1 saturated heterocycles. The Morgan fingerprint density at radius 1 is 1.39 bits per heavy atom. The number of pyridine rings is 1. The summed E-state index contributed by atoms with van der Waals surface area (Å²) in [6, 6.07) is 3.60. The average molecular weight is 337 g/mol. The molecule has 1 aromatic rings. The number of carbonyl (C=O) groups excluding carboxylic acids is 2. The minimum atomic E-state index is -1.11. The van der Waals surface area contributed by atoms with Crippen LogP contribution in [0.2, 0.25) is 5.15 Å². The van der Waals surface area contributed by atoms with Gasteiger partial charge in [0.15, 0.2) is 5.41 Å². The first-order chi connectivity index (χ1) is 10.7. The Morgan fingerprint density at radius 2 is 2.09 bits per heavy atom. The van der Waals surface area contributed by atoms with Gasteiger partial charge in [0.05, 0.1) is 0 Å². The Morgan fingerprint density at radius 3 is 2.61 bits per heavy atom. The largest absolute Gasteiger partial charge is 0.458 e. The van der Waals surface area contributed by atoms with Crippen molar-refractivity contribution in [2.75, 3.05) is 7.05 Å².